The van der Waals surface area contributed by atoms with E-state index >= 15 is 4.39 Å². The zero-order valence-corrected chi connectivity index (χ0v) is 14.8. The van der Waals surface area contributed by atoms with Crippen LogP contribution in [0.1, 0.15) is 11.1 Å². The van der Waals surface area contributed by atoms with Crippen LogP contribution in [0.15, 0.2) is 71.8 Å². The zero-order valence-electron chi connectivity index (χ0n) is 14.8. The number of carbonyl (C=O) groups excluding carboxylic acids is 1. The van der Waals surface area contributed by atoms with Gasteiger partial charge in [0.15, 0.2) is 5.88 Å². The first-order valence-electron chi connectivity index (χ1n) is 8.20. The van der Waals surface area contributed by atoms with Crippen molar-refractivity contribution in [2.24, 2.45) is 5.73 Å². The quantitative estimate of drug-likeness (QED) is 0.603. The molecule has 28 heavy (non-hydrogen) atoms. The van der Waals surface area contributed by atoms with Gasteiger partial charge in [-0.05, 0) is 29.3 Å². The van der Waals surface area contributed by atoms with Crippen molar-refractivity contribution < 1.29 is 27.1 Å². The van der Waals surface area contributed by atoms with Crippen LogP contribution in [0.4, 0.5) is 22.4 Å². The minimum Gasteiger partial charge on any atom is -0.482 e. The maximum atomic E-state index is 15.9. The van der Waals surface area contributed by atoms with E-state index in [-0.39, 0.29) is 12.1 Å². The van der Waals surface area contributed by atoms with Crippen molar-refractivity contribution in [1.29, 1.82) is 0 Å². The third kappa shape index (κ3) is 3.60. The largest absolute Gasteiger partial charge is 0.482 e. The number of amides is 2. The molecule has 0 saturated heterocycles. The molecule has 1 atom stereocenters. The lowest BCUT2D eigenvalue weighted by molar-refractivity contribution is -0.137. The number of methoxy groups -OCH3 is 1. The minimum absolute atomic E-state index is 0.126. The molecule has 148 valence electrons. The Balaban J connectivity index is 1.91. The number of hydrogen-bond acceptors (Lipinski definition) is 3. The van der Waals surface area contributed by atoms with Crippen LogP contribution in [0.2, 0.25) is 0 Å². The number of hydrogen-bond donors (Lipinski definition) is 2. The summed E-state index contributed by atoms with van der Waals surface area (Å²) in [7, 11) is 1.44. The standard InChI is InChI=1S/C19H17F4N3O2/c1-28-16-9-13-3-2-8-18(20,15(13)10-25-16)26(17(24)27)11-12-4-6-14(7-5-12)19(21,22)23/h2-10,25H,11H2,1H3,(H2,24,27). The molecule has 1 aromatic carbocycles. The summed E-state index contributed by atoms with van der Waals surface area (Å²) >= 11 is 0. The summed E-state index contributed by atoms with van der Waals surface area (Å²) in [5, 5.41) is 2.76. The molecule has 0 radical (unpaired) electrons. The highest BCUT2D eigenvalue weighted by molar-refractivity contribution is 5.75. The number of carbonyl (C=O) groups is 1. The summed E-state index contributed by atoms with van der Waals surface area (Å²) in [4.78, 5) is 12.8. The highest BCUT2D eigenvalue weighted by Crippen LogP contribution is 2.39. The number of allylic oxidation sites excluding steroid dienone is 3. The number of alkyl halides is 4. The average Bonchev–Trinajstić information content (AvgIpc) is 2.65. The summed E-state index contributed by atoms with van der Waals surface area (Å²) in [5.41, 5.74) is 5.46. The zero-order chi connectivity index (χ0) is 20.5. The summed E-state index contributed by atoms with van der Waals surface area (Å²) in [6.07, 6.45) is 2.66. The predicted molar refractivity (Wildman–Crippen MR) is 93.9 cm³/mol. The van der Waals surface area contributed by atoms with Gasteiger partial charge in [0.2, 0.25) is 5.79 Å². The summed E-state index contributed by atoms with van der Waals surface area (Å²) < 4.78 is 59.2. The fourth-order valence-corrected chi connectivity index (χ4v) is 2.99. The molecule has 3 N–H and O–H groups in total. The van der Waals surface area contributed by atoms with Crippen LogP contribution >= 0.6 is 0 Å². The van der Waals surface area contributed by atoms with E-state index in [9.17, 15) is 18.0 Å². The maximum absolute atomic E-state index is 15.9. The SMILES string of the molecule is COC1=CC2=CC=CC(F)(N(Cc3ccc(C(F)(F)F)cc3)C(N)=O)C2=CN1. The Morgan fingerprint density at radius 3 is 2.54 bits per heavy atom. The molecule has 0 spiro atoms. The molecule has 5 nitrogen and oxygen atoms in total. The van der Waals surface area contributed by atoms with E-state index in [1.165, 1.54) is 31.5 Å². The van der Waals surface area contributed by atoms with Gasteiger partial charge in [0, 0.05) is 17.8 Å². The van der Waals surface area contributed by atoms with E-state index in [0.717, 1.165) is 23.1 Å². The molecule has 1 unspecified atom stereocenters. The predicted octanol–water partition coefficient (Wildman–Crippen LogP) is 3.72. The first-order valence-corrected chi connectivity index (χ1v) is 8.20. The van der Waals surface area contributed by atoms with Gasteiger partial charge in [0.05, 0.1) is 19.2 Å². The number of ether oxygens (including phenoxy) is 1. The lowest BCUT2D eigenvalue weighted by Gasteiger charge is -2.39. The highest BCUT2D eigenvalue weighted by Gasteiger charge is 2.44. The fraction of sp³-hybridized carbons (Fsp3) is 0.211. The minimum atomic E-state index is -4.49. The second kappa shape index (κ2) is 7.06. The van der Waals surface area contributed by atoms with Crippen LogP contribution in [0.25, 0.3) is 0 Å². The summed E-state index contributed by atoms with van der Waals surface area (Å²) in [6, 6.07) is 3.05. The topological polar surface area (TPSA) is 67.6 Å². The van der Waals surface area contributed by atoms with Crippen LogP contribution < -0.4 is 11.1 Å². The van der Waals surface area contributed by atoms with Gasteiger partial charge in [0.25, 0.3) is 0 Å². The number of nitrogens with zero attached hydrogens (tertiary/aromatic N) is 1. The molecule has 1 aromatic rings. The van der Waals surface area contributed by atoms with Crippen molar-refractivity contribution in [2.75, 3.05) is 7.11 Å². The molecule has 2 amide bonds. The van der Waals surface area contributed by atoms with E-state index in [2.05, 4.69) is 5.32 Å². The second-order valence-electron chi connectivity index (χ2n) is 6.19. The maximum Gasteiger partial charge on any atom is 0.416 e. The van der Waals surface area contributed by atoms with Gasteiger partial charge in [-0.1, -0.05) is 24.3 Å². The number of urea groups is 1. The Labute approximate surface area is 158 Å². The van der Waals surface area contributed by atoms with Gasteiger partial charge >= 0.3 is 12.2 Å². The first kappa shape index (κ1) is 19.5. The van der Waals surface area contributed by atoms with Gasteiger partial charge in [-0.25, -0.2) is 9.18 Å². The fourth-order valence-electron chi connectivity index (χ4n) is 2.99. The normalized spacial score (nSPS) is 21.0. The van der Waals surface area contributed by atoms with E-state index < -0.39 is 23.6 Å². The van der Waals surface area contributed by atoms with Gasteiger partial charge < -0.3 is 15.8 Å². The molecular formula is C19H17F4N3O2. The molecular weight excluding hydrogens is 378 g/mol. The van der Waals surface area contributed by atoms with Gasteiger partial charge in [-0.3, -0.25) is 4.90 Å². The Morgan fingerprint density at radius 2 is 1.96 bits per heavy atom. The number of nitrogens with one attached hydrogen (secondary N) is 1. The third-order valence-electron chi connectivity index (χ3n) is 4.43. The van der Waals surface area contributed by atoms with Gasteiger partial charge in [-0.15, -0.1) is 0 Å². The second-order valence-corrected chi connectivity index (χ2v) is 6.19. The van der Waals surface area contributed by atoms with Crippen molar-refractivity contribution >= 4 is 6.03 Å². The van der Waals surface area contributed by atoms with Crippen LogP contribution in [0, 0.1) is 0 Å². The van der Waals surface area contributed by atoms with Gasteiger partial charge in [-0.2, -0.15) is 13.2 Å². The molecule has 9 heteroatoms. The summed E-state index contributed by atoms with van der Waals surface area (Å²) in [5.74, 6) is -2.00. The number of halogens is 4. The average molecular weight is 395 g/mol. The monoisotopic (exact) mass is 395 g/mol. The van der Waals surface area contributed by atoms with Crippen LogP contribution in [0.3, 0.4) is 0 Å². The van der Waals surface area contributed by atoms with Crippen molar-refractivity contribution in [3.63, 3.8) is 0 Å². The Hall–Kier alpha value is -3.23. The van der Waals surface area contributed by atoms with E-state index in [1.807, 2.05) is 0 Å². The number of nitrogens with two attached hydrogens (primary N) is 1. The number of benzene rings is 1. The van der Waals surface area contributed by atoms with Crippen molar-refractivity contribution in [1.82, 2.24) is 10.2 Å². The van der Waals surface area contributed by atoms with Crippen molar-refractivity contribution in [3.8, 4) is 0 Å². The molecule has 3 rings (SSSR count). The molecule has 1 aliphatic carbocycles. The molecule has 1 heterocycles. The van der Waals surface area contributed by atoms with Crippen LogP contribution in [0.5, 0.6) is 0 Å². The highest BCUT2D eigenvalue weighted by atomic mass is 19.4. The number of dihydropyridines is 1. The number of fused-ring (bicyclic) bond motifs is 1. The van der Waals surface area contributed by atoms with E-state index in [4.69, 9.17) is 10.5 Å². The van der Waals surface area contributed by atoms with Crippen molar-refractivity contribution in [3.05, 3.63) is 82.9 Å². The molecule has 0 fully saturated rings. The molecule has 2 aliphatic rings. The van der Waals surface area contributed by atoms with Gasteiger partial charge in [0.1, 0.15) is 0 Å². The number of rotatable bonds is 4. The van der Waals surface area contributed by atoms with E-state index in [0.29, 0.717) is 17.0 Å². The van der Waals surface area contributed by atoms with Crippen molar-refractivity contribution in [2.45, 2.75) is 18.5 Å². The third-order valence-corrected chi connectivity index (χ3v) is 4.43. The summed E-state index contributed by atoms with van der Waals surface area (Å²) in [6.45, 7) is -0.320. The van der Waals surface area contributed by atoms with Crippen LogP contribution in [-0.4, -0.2) is 23.8 Å². The Morgan fingerprint density at radius 1 is 1.29 bits per heavy atom. The molecule has 0 aromatic heterocycles. The molecule has 1 aliphatic heterocycles. The Bertz CT molecular complexity index is 901. The number of primary amides is 1. The smallest absolute Gasteiger partial charge is 0.416 e. The van der Waals surface area contributed by atoms with Crippen LogP contribution in [-0.2, 0) is 17.5 Å². The Kier molecular flexibility index (Phi) is 4.93. The lowest BCUT2D eigenvalue weighted by Crippen LogP contribution is -2.52. The molecule has 0 saturated carbocycles. The first-order chi connectivity index (χ1) is 13.1. The molecule has 0 bridgehead atoms. The lowest BCUT2D eigenvalue weighted by atomic mass is 9.89. The van der Waals surface area contributed by atoms with E-state index in [1.54, 1.807) is 12.2 Å².